The van der Waals surface area contributed by atoms with Crippen molar-refractivity contribution < 1.29 is 5.11 Å². The van der Waals surface area contributed by atoms with Gasteiger partial charge in [0.2, 0.25) is 11.9 Å². The molecule has 0 aliphatic rings. The average molecular weight is 431 g/mol. The number of aliphatic hydroxyl groups is 1. The number of benzene rings is 1. The van der Waals surface area contributed by atoms with E-state index in [-0.39, 0.29) is 12.6 Å². The number of aliphatic hydroxyl groups excluding tert-OH is 1. The van der Waals surface area contributed by atoms with E-state index in [2.05, 4.69) is 51.6 Å². The lowest BCUT2D eigenvalue weighted by molar-refractivity contribution is 0.271. The van der Waals surface area contributed by atoms with E-state index in [1.54, 1.807) is 10.7 Å². The van der Waals surface area contributed by atoms with E-state index >= 15 is 0 Å². The zero-order valence-electron chi connectivity index (χ0n) is 14.6. The number of nitrogens with one attached hydrogen (secondary N) is 3. The van der Waals surface area contributed by atoms with Gasteiger partial charge in [-0.05, 0) is 34.5 Å². The van der Waals surface area contributed by atoms with Crippen LogP contribution in [-0.2, 0) is 6.54 Å². The number of fused-ring (bicyclic) bond motifs is 2. The molecule has 27 heavy (non-hydrogen) atoms. The molecule has 140 valence electrons. The number of rotatable bonds is 7. The number of H-pyrrole nitrogens is 1. The smallest absolute Gasteiger partial charge is 0.229 e. The summed E-state index contributed by atoms with van der Waals surface area (Å²) in [6.45, 7) is 2.45. The standard InChI is InChI=1S/C17H19BrN8O/c1-2-10(9-27)21-16-24-15-11(18)7-20-26(15)17(25-16)19-8-14-22-12-5-3-4-6-13(12)23-14/h3-7,10,27H,2,8-9H2,1H3,(H,22,23)(H2,19,21,24,25)/t10-/m0/s1. The van der Waals surface area contributed by atoms with Crippen molar-refractivity contribution >= 4 is 44.5 Å². The lowest BCUT2D eigenvalue weighted by Crippen LogP contribution is -2.24. The molecule has 9 nitrogen and oxygen atoms in total. The Morgan fingerprint density at radius 1 is 1.26 bits per heavy atom. The van der Waals surface area contributed by atoms with Crippen molar-refractivity contribution in [3.05, 3.63) is 40.8 Å². The molecule has 1 aromatic carbocycles. The molecule has 4 rings (SSSR count). The fraction of sp³-hybridized carbons (Fsp3) is 0.294. The van der Waals surface area contributed by atoms with Crippen LogP contribution in [0.5, 0.6) is 0 Å². The third-order valence-electron chi connectivity index (χ3n) is 4.22. The van der Waals surface area contributed by atoms with Crippen molar-refractivity contribution in [1.82, 2.24) is 29.5 Å². The number of halogens is 1. The van der Waals surface area contributed by atoms with Gasteiger partial charge >= 0.3 is 0 Å². The predicted octanol–water partition coefficient (Wildman–Crippen LogP) is 2.56. The Morgan fingerprint density at radius 3 is 2.89 bits per heavy atom. The Balaban J connectivity index is 1.63. The maximum Gasteiger partial charge on any atom is 0.229 e. The number of hydrogen-bond acceptors (Lipinski definition) is 7. The topological polar surface area (TPSA) is 116 Å². The van der Waals surface area contributed by atoms with Gasteiger partial charge in [-0.2, -0.15) is 19.6 Å². The molecule has 4 aromatic rings. The lowest BCUT2D eigenvalue weighted by Gasteiger charge is -2.15. The summed E-state index contributed by atoms with van der Waals surface area (Å²) in [5.41, 5.74) is 2.53. The van der Waals surface area contributed by atoms with Crippen molar-refractivity contribution in [2.75, 3.05) is 17.2 Å². The van der Waals surface area contributed by atoms with Crippen LogP contribution in [-0.4, -0.2) is 47.3 Å². The molecule has 0 bridgehead atoms. The summed E-state index contributed by atoms with van der Waals surface area (Å²) in [4.78, 5) is 16.8. The van der Waals surface area contributed by atoms with Crippen LogP contribution in [0.4, 0.5) is 11.9 Å². The molecule has 3 heterocycles. The van der Waals surface area contributed by atoms with Crippen LogP contribution < -0.4 is 10.6 Å². The van der Waals surface area contributed by atoms with Gasteiger partial charge in [0.1, 0.15) is 5.82 Å². The van der Waals surface area contributed by atoms with Crippen molar-refractivity contribution in [3.8, 4) is 0 Å². The summed E-state index contributed by atoms with van der Waals surface area (Å²) in [5, 5.41) is 20.2. The summed E-state index contributed by atoms with van der Waals surface area (Å²) in [6, 6.07) is 7.76. The van der Waals surface area contributed by atoms with Crippen LogP contribution >= 0.6 is 15.9 Å². The molecule has 0 saturated heterocycles. The largest absolute Gasteiger partial charge is 0.394 e. The molecule has 0 fully saturated rings. The molecule has 0 unspecified atom stereocenters. The van der Waals surface area contributed by atoms with Crippen molar-refractivity contribution in [1.29, 1.82) is 0 Å². The fourth-order valence-electron chi connectivity index (χ4n) is 2.74. The highest BCUT2D eigenvalue weighted by molar-refractivity contribution is 9.10. The monoisotopic (exact) mass is 430 g/mol. The molecule has 0 aliphatic heterocycles. The van der Waals surface area contributed by atoms with Gasteiger partial charge in [-0.1, -0.05) is 19.1 Å². The van der Waals surface area contributed by atoms with Gasteiger partial charge in [-0.3, -0.25) is 0 Å². The number of nitrogens with zero attached hydrogens (tertiary/aromatic N) is 5. The first-order valence-corrected chi connectivity index (χ1v) is 9.43. The van der Waals surface area contributed by atoms with Gasteiger partial charge in [0.05, 0.1) is 40.9 Å². The Morgan fingerprint density at radius 2 is 2.11 bits per heavy atom. The molecule has 1 atom stereocenters. The van der Waals surface area contributed by atoms with Crippen molar-refractivity contribution in [2.24, 2.45) is 0 Å². The third kappa shape index (κ3) is 3.58. The first-order valence-electron chi connectivity index (χ1n) is 8.64. The molecule has 0 spiro atoms. The lowest BCUT2D eigenvalue weighted by atomic mass is 10.2. The SMILES string of the molecule is CC[C@@H](CO)Nc1nc(NCc2nc3ccccc3[nH]2)n2ncc(Br)c2n1. The van der Waals surface area contributed by atoms with E-state index in [4.69, 9.17) is 0 Å². The molecule has 3 aromatic heterocycles. The van der Waals surface area contributed by atoms with Crippen molar-refractivity contribution in [3.63, 3.8) is 0 Å². The van der Waals surface area contributed by atoms with E-state index in [0.717, 1.165) is 27.8 Å². The van der Waals surface area contributed by atoms with Gasteiger partial charge in [-0.15, -0.1) is 0 Å². The zero-order valence-corrected chi connectivity index (χ0v) is 16.2. The molecule has 0 saturated carbocycles. The number of hydrogen-bond donors (Lipinski definition) is 4. The highest BCUT2D eigenvalue weighted by atomic mass is 79.9. The van der Waals surface area contributed by atoms with Crippen LogP contribution in [0.15, 0.2) is 34.9 Å². The summed E-state index contributed by atoms with van der Waals surface area (Å²) in [5.74, 6) is 1.75. The molecular formula is C17H19BrN8O. The number of aromatic amines is 1. The van der Waals surface area contributed by atoms with E-state index < -0.39 is 0 Å². The Kier molecular flexibility index (Phi) is 4.90. The second kappa shape index (κ2) is 7.49. The van der Waals surface area contributed by atoms with E-state index in [0.29, 0.717) is 24.1 Å². The zero-order chi connectivity index (χ0) is 18.8. The minimum atomic E-state index is -0.114. The van der Waals surface area contributed by atoms with Crippen LogP contribution in [0.2, 0.25) is 0 Å². The minimum Gasteiger partial charge on any atom is -0.394 e. The third-order valence-corrected chi connectivity index (χ3v) is 4.78. The Labute approximate surface area is 163 Å². The summed E-state index contributed by atoms with van der Waals surface area (Å²) >= 11 is 3.46. The molecule has 0 radical (unpaired) electrons. The normalized spacial score (nSPS) is 12.6. The van der Waals surface area contributed by atoms with E-state index in [1.807, 2.05) is 31.2 Å². The van der Waals surface area contributed by atoms with E-state index in [9.17, 15) is 5.11 Å². The molecular weight excluding hydrogens is 412 g/mol. The number of aromatic nitrogens is 6. The average Bonchev–Trinajstić information content (AvgIpc) is 3.27. The van der Waals surface area contributed by atoms with Gasteiger partial charge in [-0.25, -0.2) is 4.98 Å². The Bertz CT molecular complexity index is 1040. The fourth-order valence-corrected chi connectivity index (χ4v) is 3.09. The van der Waals surface area contributed by atoms with Crippen molar-refractivity contribution in [2.45, 2.75) is 25.9 Å². The predicted molar refractivity (Wildman–Crippen MR) is 107 cm³/mol. The van der Waals surface area contributed by atoms with E-state index in [1.165, 1.54) is 0 Å². The summed E-state index contributed by atoms with van der Waals surface area (Å²) < 4.78 is 2.38. The van der Waals surface area contributed by atoms with Gasteiger partial charge in [0, 0.05) is 0 Å². The first kappa shape index (κ1) is 17.7. The maximum atomic E-state index is 9.43. The van der Waals surface area contributed by atoms with Gasteiger partial charge in [0.25, 0.3) is 0 Å². The van der Waals surface area contributed by atoms with Gasteiger partial charge in [0.15, 0.2) is 5.65 Å². The highest BCUT2D eigenvalue weighted by Gasteiger charge is 2.14. The second-order valence-electron chi connectivity index (χ2n) is 6.09. The quantitative estimate of drug-likeness (QED) is 0.355. The van der Waals surface area contributed by atoms with Crippen LogP contribution in [0.25, 0.3) is 16.7 Å². The summed E-state index contributed by atoms with van der Waals surface area (Å²) in [6.07, 6.45) is 2.43. The van der Waals surface area contributed by atoms with Crippen LogP contribution in [0.3, 0.4) is 0 Å². The molecule has 0 amide bonds. The number of imidazole rings is 1. The number of para-hydroxylation sites is 2. The van der Waals surface area contributed by atoms with Gasteiger partial charge < -0.3 is 20.7 Å². The highest BCUT2D eigenvalue weighted by Crippen LogP contribution is 2.21. The second-order valence-corrected chi connectivity index (χ2v) is 6.94. The molecule has 10 heteroatoms. The first-order chi connectivity index (χ1) is 13.2. The molecule has 4 N–H and O–H groups in total. The molecule has 0 aliphatic carbocycles. The number of anilines is 2. The summed E-state index contributed by atoms with van der Waals surface area (Å²) in [7, 11) is 0. The van der Waals surface area contributed by atoms with Crippen LogP contribution in [0.1, 0.15) is 19.2 Å². The van der Waals surface area contributed by atoms with Crippen LogP contribution in [0, 0.1) is 0 Å². The maximum absolute atomic E-state index is 9.43. The Hall–Kier alpha value is -2.72. The minimum absolute atomic E-state index is 0.00716.